The lowest BCUT2D eigenvalue weighted by Gasteiger charge is -2.06. The zero-order valence-electron chi connectivity index (χ0n) is 12.1. The van der Waals surface area contributed by atoms with Crippen LogP contribution in [0.4, 0.5) is 0 Å². The molecule has 8 heteroatoms. The van der Waals surface area contributed by atoms with Gasteiger partial charge >= 0.3 is 0 Å². The highest BCUT2D eigenvalue weighted by molar-refractivity contribution is 7.91. The summed E-state index contributed by atoms with van der Waals surface area (Å²) in [5, 5.41) is 5.34. The predicted octanol–water partition coefficient (Wildman–Crippen LogP) is 1.94. The molecule has 0 unspecified atom stereocenters. The van der Waals surface area contributed by atoms with E-state index >= 15 is 0 Å². The van der Waals surface area contributed by atoms with E-state index in [0.29, 0.717) is 5.69 Å². The van der Waals surface area contributed by atoms with E-state index in [2.05, 4.69) is 15.0 Å². The van der Waals surface area contributed by atoms with E-state index < -0.39 is 10.0 Å². The van der Waals surface area contributed by atoms with Crippen LogP contribution in [-0.4, -0.2) is 32.4 Å². The number of fused-ring (bicyclic) bond motifs is 1. The van der Waals surface area contributed by atoms with Crippen LogP contribution >= 0.6 is 11.3 Å². The Hall–Kier alpha value is -2.16. The molecule has 0 saturated heterocycles. The van der Waals surface area contributed by atoms with Crippen LogP contribution in [0.15, 0.2) is 52.1 Å². The molecule has 0 bridgehead atoms. The molecule has 120 valence electrons. The third-order valence-corrected chi connectivity index (χ3v) is 6.10. The largest absolute Gasteiger partial charge is 0.351 e. The Morgan fingerprint density at radius 2 is 1.96 bits per heavy atom. The summed E-state index contributed by atoms with van der Waals surface area (Å²) in [6.07, 6.45) is 0. The lowest BCUT2D eigenvalue weighted by Crippen LogP contribution is -2.34. The van der Waals surface area contributed by atoms with Gasteiger partial charge in [0.2, 0.25) is 10.0 Å². The van der Waals surface area contributed by atoms with Crippen LogP contribution in [0.3, 0.4) is 0 Å². The van der Waals surface area contributed by atoms with E-state index in [1.807, 2.05) is 24.3 Å². The first-order chi connectivity index (χ1) is 11.1. The number of hydrogen-bond acceptors (Lipinski definition) is 4. The Morgan fingerprint density at radius 1 is 1.13 bits per heavy atom. The number of thiophene rings is 1. The molecule has 23 heavy (non-hydrogen) atoms. The van der Waals surface area contributed by atoms with E-state index in [1.165, 1.54) is 6.07 Å². The average molecular weight is 349 g/mol. The maximum Gasteiger partial charge on any atom is 0.267 e. The highest BCUT2D eigenvalue weighted by atomic mass is 32.2. The second kappa shape index (κ2) is 6.53. The minimum Gasteiger partial charge on any atom is -0.351 e. The number of carbonyl (C=O) groups is 1. The number of amides is 1. The third kappa shape index (κ3) is 3.61. The first-order valence-electron chi connectivity index (χ1n) is 6.95. The monoisotopic (exact) mass is 349 g/mol. The van der Waals surface area contributed by atoms with Gasteiger partial charge in [-0.05, 0) is 23.6 Å². The summed E-state index contributed by atoms with van der Waals surface area (Å²) in [6.45, 7) is 0.338. The number of H-pyrrole nitrogens is 1. The van der Waals surface area contributed by atoms with Gasteiger partial charge in [-0.3, -0.25) is 4.79 Å². The highest BCUT2D eigenvalue weighted by Gasteiger charge is 2.14. The lowest BCUT2D eigenvalue weighted by molar-refractivity contribution is 0.0950. The molecule has 2 heterocycles. The van der Waals surface area contributed by atoms with Crippen molar-refractivity contribution in [1.29, 1.82) is 0 Å². The second-order valence-corrected chi connectivity index (χ2v) is 7.80. The third-order valence-electron chi connectivity index (χ3n) is 3.24. The fourth-order valence-corrected chi connectivity index (χ4v) is 4.21. The molecule has 0 radical (unpaired) electrons. The quantitative estimate of drug-likeness (QED) is 0.594. The van der Waals surface area contributed by atoms with Crippen molar-refractivity contribution in [2.75, 3.05) is 13.1 Å². The standard InChI is InChI=1S/C15H15N3O3S2/c19-15(13-10-11-4-1-2-5-12(11)18-13)16-7-8-17-23(20,21)14-6-3-9-22-14/h1-6,9-10,17-18H,7-8H2,(H,16,19). The zero-order chi connectivity index (χ0) is 16.3. The Kier molecular flexibility index (Phi) is 4.46. The van der Waals surface area contributed by atoms with Crippen LogP contribution in [0.1, 0.15) is 10.5 Å². The lowest BCUT2D eigenvalue weighted by atomic mass is 10.2. The van der Waals surface area contributed by atoms with Crippen molar-refractivity contribution in [1.82, 2.24) is 15.0 Å². The van der Waals surface area contributed by atoms with Gasteiger partial charge in [-0.15, -0.1) is 11.3 Å². The van der Waals surface area contributed by atoms with Crippen LogP contribution in [0.2, 0.25) is 0 Å². The Labute approximate surface area is 137 Å². The number of carbonyl (C=O) groups excluding carboxylic acids is 1. The van der Waals surface area contributed by atoms with Crippen LogP contribution in [0, 0.1) is 0 Å². The Morgan fingerprint density at radius 3 is 2.70 bits per heavy atom. The fourth-order valence-electron chi connectivity index (χ4n) is 2.14. The smallest absolute Gasteiger partial charge is 0.267 e. The minimum atomic E-state index is -3.49. The van der Waals surface area contributed by atoms with E-state index in [9.17, 15) is 13.2 Å². The maximum absolute atomic E-state index is 12.0. The number of rotatable bonds is 6. The summed E-state index contributed by atoms with van der Waals surface area (Å²) < 4.78 is 26.5. The zero-order valence-corrected chi connectivity index (χ0v) is 13.7. The summed E-state index contributed by atoms with van der Waals surface area (Å²) in [7, 11) is -3.49. The molecule has 3 N–H and O–H groups in total. The van der Waals surface area contributed by atoms with Crippen molar-refractivity contribution >= 4 is 38.2 Å². The van der Waals surface area contributed by atoms with Gasteiger partial charge in [-0.2, -0.15) is 0 Å². The molecular formula is C15H15N3O3S2. The van der Waals surface area contributed by atoms with Gasteiger partial charge in [0, 0.05) is 24.0 Å². The summed E-state index contributed by atoms with van der Waals surface area (Å²) in [5.74, 6) is -0.267. The molecule has 6 nitrogen and oxygen atoms in total. The first kappa shape index (κ1) is 15.7. The minimum absolute atomic E-state index is 0.131. The number of benzene rings is 1. The normalized spacial score (nSPS) is 11.7. The molecule has 0 fully saturated rings. The first-order valence-corrected chi connectivity index (χ1v) is 9.32. The molecule has 0 aliphatic carbocycles. The van der Waals surface area contributed by atoms with Crippen molar-refractivity contribution in [2.24, 2.45) is 0 Å². The van der Waals surface area contributed by atoms with Crippen molar-refractivity contribution in [3.05, 3.63) is 53.5 Å². The average Bonchev–Trinajstić information content (AvgIpc) is 3.20. The number of sulfonamides is 1. The van der Waals surface area contributed by atoms with Gasteiger partial charge in [0.1, 0.15) is 9.90 Å². The molecule has 3 aromatic rings. The van der Waals surface area contributed by atoms with Gasteiger partial charge in [-0.25, -0.2) is 13.1 Å². The van der Waals surface area contributed by atoms with Crippen molar-refractivity contribution in [3.63, 3.8) is 0 Å². The number of hydrogen-bond donors (Lipinski definition) is 3. The van der Waals surface area contributed by atoms with Crippen molar-refractivity contribution in [3.8, 4) is 0 Å². The molecule has 0 aliphatic heterocycles. The summed E-state index contributed by atoms with van der Waals surface area (Å²) >= 11 is 1.15. The van der Waals surface area contributed by atoms with E-state index in [-0.39, 0.29) is 23.2 Å². The topological polar surface area (TPSA) is 91.1 Å². The summed E-state index contributed by atoms with van der Waals surface area (Å²) in [6, 6.07) is 12.6. The molecule has 0 saturated carbocycles. The molecule has 0 spiro atoms. The predicted molar refractivity (Wildman–Crippen MR) is 90.1 cm³/mol. The number of aromatic nitrogens is 1. The molecule has 2 aromatic heterocycles. The molecule has 0 atom stereocenters. The number of nitrogens with one attached hydrogen (secondary N) is 3. The van der Waals surface area contributed by atoms with Crippen LogP contribution in [0.25, 0.3) is 10.9 Å². The molecule has 1 amide bonds. The van der Waals surface area contributed by atoms with E-state index in [1.54, 1.807) is 17.5 Å². The molecule has 0 aliphatic rings. The molecule has 1 aromatic carbocycles. The van der Waals surface area contributed by atoms with E-state index in [4.69, 9.17) is 0 Å². The van der Waals surface area contributed by atoms with Crippen molar-refractivity contribution < 1.29 is 13.2 Å². The highest BCUT2D eigenvalue weighted by Crippen LogP contribution is 2.15. The SMILES string of the molecule is O=C(NCCNS(=O)(=O)c1cccs1)c1cc2ccccc2[nH]1. The Bertz CT molecular complexity index is 882. The van der Waals surface area contributed by atoms with Crippen LogP contribution < -0.4 is 10.0 Å². The summed E-state index contributed by atoms with van der Waals surface area (Å²) in [4.78, 5) is 15.1. The van der Waals surface area contributed by atoms with Gasteiger partial charge < -0.3 is 10.3 Å². The van der Waals surface area contributed by atoms with Gasteiger partial charge in [0.25, 0.3) is 5.91 Å². The van der Waals surface area contributed by atoms with Crippen LogP contribution in [0.5, 0.6) is 0 Å². The second-order valence-electron chi connectivity index (χ2n) is 4.86. The van der Waals surface area contributed by atoms with E-state index in [0.717, 1.165) is 22.2 Å². The number of aromatic amines is 1. The van der Waals surface area contributed by atoms with Crippen molar-refractivity contribution in [2.45, 2.75) is 4.21 Å². The Balaban J connectivity index is 1.53. The maximum atomic E-state index is 12.0. The molecular weight excluding hydrogens is 334 g/mol. The van der Waals surface area contributed by atoms with Gasteiger partial charge in [0.15, 0.2) is 0 Å². The fraction of sp³-hybridized carbons (Fsp3) is 0.133. The summed E-state index contributed by atoms with van der Waals surface area (Å²) in [5.41, 5.74) is 1.34. The molecule has 3 rings (SSSR count). The van der Waals surface area contributed by atoms with Crippen LogP contribution in [-0.2, 0) is 10.0 Å². The van der Waals surface area contributed by atoms with Gasteiger partial charge in [-0.1, -0.05) is 24.3 Å². The van der Waals surface area contributed by atoms with Gasteiger partial charge in [0.05, 0.1) is 0 Å². The number of para-hydroxylation sites is 1.